The molecule has 0 fully saturated rings. The number of benzene rings is 1. The number of aliphatic hydroxyl groups is 1. The second-order valence-electron chi connectivity index (χ2n) is 7.36. The minimum atomic E-state index is -0.862. The van der Waals surface area contributed by atoms with Crippen molar-refractivity contribution < 1.29 is 9.90 Å². The van der Waals surface area contributed by atoms with Crippen LogP contribution in [0.5, 0.6) is 0 Å². The molecule has 1 amide bonds. The number of amides is 1. The molecule has 27 heavy (non-hydrogen) atoms. The van der Waals surface area contributed by atoms with Gasteiger partial charge in [0.2, 0.25) is 5.91 Å². The highest BCUT2D eigenvalue weighted by Gasteiger charge is 2.23. The summed E-state index contributed by atoms with van der Waals surface area (Å²) in [6.45, 7) is 3.32. The summed E-state index contributed by atoms with van der Waals surface area (Å²) in [6.07, 6.45) is 1.17. The zero-order chi connectivity index (χ0) is 19.0. The van der Waals surface area contributed by atoms with Crippen molar-refractivity contribution in [3.05, 3.63) is 53.5 Å². The Balaban J connectivity index is 1.46. The van der Waals surface area contributed by atoms with Gasteiger partial charge in [-0.2, -0.15) is 5.10 Å². The van der Waals surface area contributed by atoms with Crippen molar-refractivity contribution in [1.82, 2.24) is 24.6 Å². The molecule has 0 bridgehead atoms. The molecule has 3 aromatic rings. The van der Waals surface area contributed by atoms with Gasteiger partial charge in [-0.25, -0.2) is 0 Å². The van der Waals surface area contributed by atoms with E-state index >= 15 is 0 Å². The Morgan fingerprint density at radius 3 is 3.00 bits per heavy atom. The minimum absolute atomic E-state index is 0.0575. The van der Waals surface area contributed by atoms with Gasteiger partial charge in [0.1, 0.15) is 6.10 Å². The van der Waals surface area contributed by atoms with E-state index in [1.165, 1.54) is 21.4 Å². The molecule has 7 nitrogen and oxygen atoms in total. The predicted molar refractivity (Wildman–Crippen MR) is 103 cm³/mol. The van der Waals surface area contributed by atoms with Gasteiger partial charge < -0.3 is 15.0 Å². The molecule has 0 saturated heterocycles. The van der Waals surface area contributed by atoms with Gasteiger partial charge in [-0.1, -0.05) is 18.2 Å². The zero-order valence-electron chi connectivity index (χ0n) is 15.7. The number of para-hydroxylation sites is 1. The average molecular weight is 367 g/mol. The molecule has 4 rings (SSSR count). The molecular formula is C20H25N5O2. The van der Waals surface area contributed by atoms with Gasteiger partial charge in [0.15, 0.2) is 0 Å². The number of hydrogen-bond donors (Lipinski definition) is 2. The van der Waals surface area contributed by atoms with Gasteiger partial charge in [-0.3, -0.25) is 14.4 Å². The van der Waals surface area contributed by atoms with Crippen LogP contribution < -0.4 is 0 Å². The maximum atomic E-state index is 11.8. The van der Waals surface area contributed by atoms with Crippen LogP contribution in [-0.4, -0.2) is 56.2 Å². The van der Waals surface area contributed by atoms with Crippen molar-refractivity contribution in [3.8, 4) is 0 Å². The van der Waals surface area contributed by atoms with Gasteiger partial charge in [0.25, 0.3) is 0 Å². The molecule has 0 unspecified atom stereocenters. The Morgan fingerprint density at radius 2 is 2.19 bits per heavy atom. The summed E-state index contributed by atoms with van der Waals surface area (Å²) in [6, 6.07) is 10.4. The van der Waals surface area contributed by atoms with Crippen LogP contribution in [0.25, 0.3) is 10.9 Å². The third kappa shape index (κ3) is 3.61. The van der Waals surface area contributed by atoms with E-state index in [4.69, 9.17) is 0 Å². The molecule has 0 spiro atoms. The van der Waals surface area contributed by atoms with E-state index in [1.807, 2.05) is 16.9 Å². The number of nitrogens with one attached hydrogen (secondary N) is 1. The van der Waals surface area contributed by atoms with Crippen molar-refractivity contribution in [2.75, 3.05) is 20.6 Å². The van der Waals surface area contributed by atoms with Crippen LogP contribution in [0.2, 0.25) is 0 Å². The standard InChI is InChI=1S/C20H25N5O2/c1-23(2)19(27)11-18(26)17-10-16-13-24(8-9-25(16)22-17)12-15-5-3-4-14-6-7-21-20(14)15/h3-7,10,18,21,26H,8-9,11-13H2,1-2H3/t18-/m0/s1. The van der Waals surface area contributed by atoms with E-state index < -0.39 is 6.10 Å². The monoisotopic (exact) mass is 367 g/mol. The van der Waals surface area contributed by atoms with Crippen molar-refractivity contribution >= 4 is 16.8 Å². The number of aromatic nitrogens is 3. The highest BCUT2D eigenvalue weighted by Crippen LogP contribution is 2.23. The van der Waals surface area contributed by atoms with E-state index in [2.05, 4.69) is 39.2 Å². The highest BCUT2D eigenvalue weighted by molar-refractivity contribution is 5.82. The fourth-order valence-electron chi connectivity index (χ4n) is 3.62. The molecule has 0 saturated carbocycles. The fraction of sp³-hybridized carbons (Fsp3) is 0.400. The number of aromatic amines is 1. The number of aliphatic hydroxyl groups excluding tert-OH is 1. The van der Waals surface area contributed by atoms with Gasteiger partial charge in [0, 0.05) is 45.4 Å². The number of fused-ring (bicyclic) bond motifs is 2. The molecule has 1 aliphatic rings. The second-order valence-corrected chi connectivity index (χ2v) is 7.36. The average Bonchev–Trinajstić information content (AvgIpc) is 3.28. The summed E-state index contributed by atoms with van der Waals surface area (Å²) in [5.74, 6) is -0.103. The lowest BCUT2D eigenvalue weighted by molar-refractivity contribution is -0.130. The van der Waals surface area contributed by atoms with Gasteiger partial charge in [-0.15, -0.1) is 0 Å². The van der Waals surface area contributed by atoms with Gasteiger partial charge in [-0.05, 0) is 23.1 Å². The molecule has 7 heteroatoms. The molecule has 0 radical (unpaired) electrons. The minimum Gasteiger partial charge on any atom is -0.386 e. The van der Waals surface area contributed by atoms with Crippen LogP contribution in [-0.2, 0) is 24.4 Å². The zero-order valence-corrected chi connectivity index (χ0v) is 15.7. The van der Waals surface area contributed by atoms with Crippen molar-refractivity contribution in [1.29, 1.82) is 0 Å². The maximum Gasteiger partial charge on any atom is 0.225 e. The molecule has 0 aliphatic carbocycles. The molecule has 1 aromatic carbocycles. The van der Waals surface area contributed by atoms with E-state index in [0.29, 0.717) is 5.69 Å². The molecule has 1 aliphatic heterocycles. The maximum absolute atomic E-state index is 11.8. The van der Waals surface area contributed by atoms with E-state index in [9.17, 15) is 9.90 Å². The summed E-state index contributed by atoms with van der Waals surface area (Å²) in [4.78, 5) is 19.0. The van der Waals surface area contributed by atoms with E-state index in [1.54, 1.807) is 14.1 Å². The Kier molecular flexibility index (Phi) is 4.72. The Labute approximate surface area is 158 Å². The third-order valence-electron chi connectivity index (χ3n) is 5.17. The smallest absolute Gasteiger partial charge is 0.225 e. The Hall–Kier alpha value is -2.64. The van der Waals surface area contributed by atoms with Gasteiger partial charge in [0.05, 0.1) is 24.4 Å². The third-order valence-corrected chi connectivity index (χ3v) is 5.17. The SMILES string of the molecule is CN(C)C(=O)C[C@H](O)c1cc2n(n1)CCN(Cc1cccc3cc[nH]c13)C2. The molecule has 142 valence electrons. The van der Waals surface area contributed by atoms with Crippen LogP contribution in [0.4, 0.5) is 0 Å². The first-order valence-corrected chi connectivity index (χ1v) is 9.23. The molecule has 2 aromatic heterocycles. The largest absolute Gasteiger partial charge is 0.386 e. The topological polar surface area (TPSA) is 77.4 Å². The number of H-pyrrole nitrogens is 1. The molecule has 3 heterocycles. The van der Waals surface area contributed by atoms with Crippen LogP contribution in [0.3, 0.4) is 0 Å². The summed E-state index contributed by atoms with van der Waals surface area (Å²) < 4.78 is 1.95. The normalized spacial score (nSPS) is 15.7. The lowest BCUT2D eigenvalue weighted by Gasteiger charge is -2.27. The number of nitrogens with zero attached hydrogens (tertiary/aromatic N) is 4. The summed E-state index contributed by atoms with van der Waals surface area (Å²) in [5, 5.41) is 16.1. The quantitative estimate of drug-likeness (QED) is 0.722. The van der Waals surface area contributed by atoms with Crippen molar-refractivity contribution in [3.63, 3.8) is 0 Å². The summed E-state index contributed by atoms with van der Waals surface area (Å²) >= 11 is 0. The molecular weight excluding hydrogens is 342 g/mol. The first-order valence-electron chi connectivity index (χ1n) is 9.23. The number of rotatable bonds is 5. The lowest BCUT2D eigenvalue weighted by atomic mass is 10.1. The summed E-state index contributed by atoms with van der Waals surface area (Å²) in [7, 11) is 3.38. The van der Waals surface area contributed by atoms with Crippen LogP contribution in [0.15, 0.2) is 36.5 Å². The van der Waals surface area contributed by atoms with Crippen molar-refractivity contribution in [2.24, 2.45) is 0 Å². The lowest BCUT2D eigenvalue weighted by Crippen LogP contribution is -2.33. The first kappa shape index (κ1) is 17.8. The first-order chi connectivity index (χ1) is 13.0. The second kappa shape index (κ2) is 7.17. The number of carbonyl (C=O) groups is 1. The van der Waals surface area contributed by atoms with Crippen LogP contribution in [0, 0.1) is 0 Å². The fourth-order valence-corrected chi connectivity index (χ4v) is 3.62. The van der Waals surface area contributed by atoms with E-state index in [0.717, 1.165) is 31.9 Å². The predicted octanol–water partition coefficient (Wildman–Crippen LogP) is 1.89. The molecule has 2 N–H and O–H groups in total. The van der Waals surface area contributed by atoms with Crippen LogP contribution in [0.1, 0.15) is 29.5 Å². The van der Waals surface area contributed by atoms with E-state index in [-0.39, 0.29) is 12.3 Å². The van der Waals surface area contributed by atoms with Crippen molar-refractivity contribution in [2.45, 2.75) is 32.2 Å². The Bertz CT molecular complexity index is 958. The summed E-state index contributed by atoms with van der Waals surface area (Å²) in [5.41, 5.74) is 4.12. The van der Waals surface area contributed by atoms with Gasteiger partial charge >= 0.3 is 0 Å². The number of carbonyl (C=O) groups excluding carboxylic acids is 1. The Morgan fingerprint density at radius 1 is 1.33 bits per heavy atom. The molecule has 1 atom stereocenters. The highest BCUT2D eigenvalue weighted by atomic mass is 16.3. The number of hydrogen-bond acceptors (Lipinski definition) is 4. The van der Waals surface area contributed by atoms with Crippen LogP contribution >= 0.6 is 0 Å².